The summed E-state index contributed by atoms with van der Waals surface area (Å²) < 4.78 is 0. The summed E-state index contributed by atoms with van der Waals surface area (Å²) in [4.78, 5) is 28.4. The first-order valence-electron chi connectivity index (χ1n) is 8.37. The van der Waals surface area contributed by atoms with E-state index in [9.17, 15) is 9.59 Å². The van der Waals surface area contributed by atoms with Crippen LogP contribution in [0, 0.1) is 0 Å². The molecule has 0 saturated heterocycles. The van der Waals surface area contributed by atoms with Crippen molar-refractivity contribution in [1.82, 2.24) is 25.8 Å². The molecule has 1 aromatic carbocycles. The van der Waals surface area contributed by atoms with E-state index in [1.165, 1.54) is 11.8 Å². The highest BCUT2D eigenvalue weighted by Gasteiger charge is 2.22. The van der Waals surface area contributed by atoms with E-state index in [1.807, 2.05) is 30.3 Å². The fraction of sp³-hybridized carbons (Fsp3) is 0.412. The summed E-state index contributed by atoms with van der Waals surface area (Å²) in [6.45, 7) is 1.72. The highest BCUT2D eigenvalue weighted by Crippen LogP contribution is 2.22. The van der Waals surface area contributed by atoms with Crippen LogP contribution in [-0.2, 0) is 4.79 Å². The molecule has 0 radical (unpaired) electrons. The summed E-state index contributed by atoms with van der Waals surface area (Å²) in [5.74, 6) is 0.293. The Hall–Kier alpha value is -2.35. The van der Waals surface area contributed by atoms with Crippen molar-refractivity contribution < 1.29 is 9.59 Å². The molecule has 3 N–H and O–H groups in total. The van der Waals surface area contributed by atoms with Crippen LogP contribution in [0.2, 0.25) is 0 Å². The molecule has 0 spiro atoms. The summed E-state index contributed by atoms with van der Waals surface area (Å²) in [6.07, 6.45) is 4.20. The number of urea groups is 1. The highest BCUT2D eigenvalue weighted by molar-refractivity contribution is 8.00. The van der Waals surface area contributed by atoms with Crippen molar-refractivity contribution in [2.24, 2.45) is 0 Å². The SMILES string of the molecule is C[C@@H](Sc1n[nH]c(-c2ccccc2)n1)C(=O)NC(=O)NC1CCCC1. The van der Waals surface area contributed by atoms with Gasteiger partial charge in [0, 0.05) is 11.6 Å². The Kier molecular flexibility index (Phi) is 5.70. The van der Waals surface area contributed by atoms with Crippen LogP contribution in [0.15, 0.2) is 35.5 Å². The van der Waals surface area contributed by atoms with Crippen molar-refractivity contribution in [2.45, 2.75) is 49.1 Å². The third-order valence-electron chi connectivity index (χ3n) is 4.09. The smallest absolute Gasteiger partial charge is 0.321 e. The number of amides is 3. The Balaban J connectivity index is 1.51. The quantitative estimate of drug-likeness (QED) is 0.713. The second-order valence-electron chi connectivity index (χ2n) is 6.04. The molecule has 1 aromatic heterocycles. The van der Waals surface area contributed by atoms with E-state index < -0.39 is 11.3 Å². The average molecular weight is 359 g/mol. The van der Waals surface area contributed by atoms with Crippen molar-refractivity contribution in [2.75, 3.05) is 0 Å². The monoisotopic (exact) mass is 359 g/mol. The summed E-state index contributed by atoms with van der Waals surface area (Å²) in [5.41, 5.74) is 0.926. The third-order valence-corrected chi connectivity index (χ3v) is 5.05. The minimum Gasteiger partial charge on any atom is -0.335 e. The molecule has 2 aromatic rings. The van der Waals surface area contributed by atoms with Crippen LogP contribution >= 0.6 is 11.8 Å². The molecule has 0 bridgehead atoms. The number of aromatic nitrogens is 3. The van der Waals surface area contributed by atoms with Crippen LogP contribution in [0.25, 0.3) is 11.4 Å². The Morgan fingerprint density at radius 3 is 2.68 bits per heavy atom. The van der Waals surface area contributed by atoms with E-state index >= 15 is 0 Å². The molecule has 3 amide bonds. The van der Waals surface area contributed by atoms with Gasteiger partial charge in [-0.15, -0.1) is 5.10 Å². The van der Waals surface area contributed by atoms with Crippen LogP contribution in [0.3, 0.4) is 0 Å². The minimum absolute atomic E-state index is 0.178. The predicted octanol–water partition coefficient (Wildman–Crippen LogP) is 2.72. The molecule has 1 aliphatic rings. The average Bonchev–Trinajstić information content (AvgIpc) is 3.27. The largest absolute Gasteiger partial charge is 0.335 e. The van der Waals surface area contributed by atoms with Gasteiger partial charge in [-0.25, -0.2) is 9.78 Å². The Bertz CT molecular complexity index is 728. The molecule has 1 saturated carbocycles. The first kappa shape index (κ1) is 17.5. The highest BCUT2D eigenvalue weighted by atomic mass is 32.2. The van der Waals surface area contributed by atoms with Crippen LogP contribution in [0.4, 0.5) is 4.79 Å². The first-order valence-corrected chi connectivity index (χ1v) is 9.25. The molecule has 0 aliphatic heterocycles. The van der Waals surface area contributed by atoms with Crippen molar-refractivity contribution in [1.29, 1.82) is 0 Å². The number of carbonyl (C=O) groups excluding carboxylic acids is 2. The fourth-order valence-corrected chi connectivity index (χ4v) is 3.47. The van der Waals surface area contributed by atoms with Gasteiger partial charge in [0.15, 0.2) is 5.82 Å². The fourth-order valence-electron chi connectivity index (χ4n) is 2.74. The predicted molar refractivity (Wildman–Crippen MR) is 96.1 cm³/mol. The maximum atomic E-state index is 12.1. The number of H-pyrrole nitrogens is 1. The first-order chi connectivity index (χ1) is 12.1. The zero-order valence-corrected chi connectivity index (χ0v) is 14.8. The van der Waals surface area contributed by atoms with E-state index in [4.69, 9.17) is 0 Å². The van der Waals surface area contributed by atoms with E-state index in [1.54, 1.807) is 6.92 Å². The molecule has 1 heterocycles. The Morgan fingerprint density at radius 1 is 1.24 bits per heavy atom. The molecule has 1 atom stereocenters. The summed E-state index contributed by atoms with van der Waals surface area (Å²) in [7, 11) is 0. The van der Waals surface area contributed by atoms with Gasteiger partial charge in [0.2, 0.25) is 11.1 Å². The zero-order chi connectivity index (χ0) is 17.6. The number of nitrogens with zero attached hydrogens (tertiary/aromatic N) is 2. The second-order valence-corrected chi connectivity index (χ2v) is 7.34. The summed E-state index contributed by atoms with van der Waals surface area (Å²) >= 11 is 1.21. The van der Waals surface area contributed by atoms with Crippen LogP contribution in [0.1, 0.15) is 32.6 Å². The maximum Gasteiger partial charge on any atom is 0.321 e. The number of thioether (sulfide) groups is 1. The van der Waals surface area contributed by atoms with Gasteiger partial charge in [0.1, 0.15) is 0 Å². The number of nitrogens with one attached hydrogen (secondary N) is 3. The van der Waals surface area contributed by atoms with Crippen molar-refractivity contribution in [3.8, 4) is 11.4 Å². The molecular weight excluding hydrogens is 338 g/mol. The molecule has 3 rings (SSSR count). The molecule has 7 nitrogen and oxygen atoms in total. The Morgan fingerprint density at radius 2 is 1.96 bits per heavy atom. The molecule has 1 aliphatic carbocycles. The number of benzene rings is 1. The number of aromatic amines is 1. The minimum atomic E-state index is -0.478. The van der Waals surface area contributed by atoms with Gasteiger partial charge in [-0.05, 0) is 19.8 Å². The number of carbonyl (C=O) groups is 2. The molecule has 1 fully saturated rings. The topological polar surface area (TPSA) is 99.8 Å². The van der Waals surface area contributed by atoms with Gasteiger partial charge in [0.25, 0.3) is 0 Å². The van der Waals surface area contributed by atoms with Crippen molar-refractivity contribution in [3.05, 3.63) is 30.3 Å². The van der Waals surface area contributed by atoms with Crippen LogP contribution < -0.4 is 10.6 Å². The van der Waals surface area contributed by atoms with Gasteiger partial charge in [-0.1, -0.05) is 54.9 Å². The molecular formula is C17H21N5O2S. The van der Waals surface area contributed by atoms with E-state index in [0.29, 0.717) is 11.0 Å². The molecule has 0 unspecified atom stereocenters. The van der Waals surface area contributed by atoms with Gasteiger partial charge < -0.3 is 5.32 Å². The lowest BCUT2D eigenvalue weighted by Crippen LogP contribution is -2.45. The number of hydrogen-bond donors (Lipinski definition) is 3. The third kappa shape index (κ3) is 4.82. The lowest BCUT2D eigenvalue weighted by Gasteiger charge is -2.14. The maximum absolute atomic E-state index is 12.1. The normalized spacial score (nSPS) is 15.7. The second kappa shape index (κ2) is 8.15. The van der Waals surface area contributed by atoms with Crippen LogP contribution in [0.5, 0.6) is 0 Å². The Labute approximate surface area is 150 Å². The van der Waals surface area contributed by atoms with Gasteiger partial charge in [-0.2, -0.15) is 0 Å². The number of imide groups is 1. The van der Waals surface area contributed by atoms with E-state index in [0.717, 1.165) is 31.2 Å². The van der Waals surface area contributed by atoms with Gasteiger partial charge >= 0.3 is 6.03 Å². The number of rotatable bonds is 5. The van der Waals surface area contributed by atoms with Crippen molar-refractivity contribution in [3.63, 3.8) is 0 Å². The summed E-state index contributed by atoms with van der Waals surface area (Å²) in [6, 6.07) is 9.38. The lowest BCUT2D eigenvalue weighted by molar-refractivity contribution is -0.119. The number of hydrogen-bond acceptors (Lipinski definition) is 5. The van der Waals surface area contributed by atoms with Crippen molar-refractivity contribution >= 4 is 23.7 Å². The molecule has 132 valence electrons. The lowest BCUT2D eigenvalue weighted by atomic mass is 10.2. The summed E-state index contributed by atoms with van der Waals surface area (Å²) in [5, 5.41) is 12.2. The standard InChI is InChI=1S/C17H21N5O2S/c1-11(15(23)20-16(24)18-13-9-5-6-10-13)25-17-19-14(21-22-17)12-7-3-2-4-8-12/h2-4,7-8,11,13H,5-6,9-10H2,1H3,(H,19,21,22)(H2,18,20,23,24)/t11-/m1/s1. The van der Waals surface area contributed by atoms with Gasteiger partial charge in [-0.3, -0.25) is 15.2 Å². The van der Waals surface area contributed by atoms with Gasteiger partial charge in [0.05, 0.1) is 5.25 Å². The van der Waals surface area contributed by atoms with E-state index in [-0.39, 0.29) is 11.9 Å². The van der Waals surface area contributed by atoms with E-state index in [2.05, 4.69) is 25.8 Å². The zero-order valence-electron chi connectivity index (χ0n) is 14.0. The van der Waals surface area contributed by atoms with Crippen LogP contribution in [-0.4, -0.2) is 38.4 Å². The molecule has 8 heteroatoms. The molecule has 25 heavy (non-hydrogen) atoms.